The number of carbonyl (C=O) groups is 1. The number of benzene rings is 1. The SMILES string of the molecule is CCN1CCN(Cc2ccc(NC(=O)C(C)CN)cc2)CC1. The van der Waals surface area contributed by atoms with Crippen molar-refractivity contribution in [2.45, 2.75) is 20.4 Å². The summed E-state index contributed by atoms with van der Waals surface area (Å²) in [6.07, 6.45) is 0. The van der Waals surface area contributed by atoms with E-state index < -0.39 is 0 Å². The van der Waals surface area contributed by atoms with Crippen LogP contribution < -0.4 is 11.1 Å². The highest BCUT2D eigenvalue weighted by atomic mass is 16.1. The predicted molar refractivity (Wildman–Crippen MR) is 90.7 cm³/mol. The van der Waals surface area contributed by atoms with Gasteiger partial charge in [-0.05, 0) is 24.2 Å². The molecule has 0 saturated carbocycles. The van der Waals surface area contributed by atoms with E-state index in [-0.39, 0.29) is 11.8 Å². The van der Waals surface area contributed by atoms with Gasteiger partial charge in [0.05, 0.1) is 0 Å². The first kappa shape index (κ1) is 16.9. The van der Waals surface area contributed by atoms with E-state index in [1.807, 2.05) is 19.1 Å². The van der Waals surface area contributed by atoms with Crippen molar-refractivity contribution < 1.29 is 4.79 Å². The second kappa shape index (κ2) is 8.27. The van der Waals surface area contributed by atoms with Crippen LogP contribution in [0.25, 0.3) is 0 Å². The molecule has 1 aromatic rings. The van der Waals surface area contributed by atoms with Crippen LogP contribution in [0.1, 0.15) is 19.4 Å². The summed E-state index contributed by atoms with van der Waals surface area (Å²) in [5.74, 6) is -0.180. The van der Waals surface area contributed by atoms with Crippen molar-refractivity contribution in [3.63, 3.8) is 0 Å². The summed E-state index contributed by atoms with van der Waals surface area (Å²) >= 11 is 0. The molecule has 1 atom stereocenters. The lowest BCUT2D eigenvalue weighted by molar-refractivity contribution is -0.119. The molecular weight excluding hydrogens is 276 g/mol. The molecule has 1 fully saturated rings. The number of piperazine rings is 1. The van der Waals surface area contributed by atoms with Crippen LogP contribution in [0, 0.1) is 5.92 Å². The van der Waals surface area contributed by atoms with Crippen LogP contribution in [0.4, 0.5) is 5.69 Å². The molecule has 1 aliphatic rings. The van der Waals surface area contributed by atoms with Gasteiger partial charge in [0.25, 0.3) is 0 Å². The third-order valence-electron chi connectivity index (χ3n) is 4.34. The topological polar surface area (TPSA) is 61.6 Å². The predicted octanol–water partition coefficient (Wildman–Crippen LogP) is 1.36. The van der Waals surface area contributed by atoms with Crippen molar-refractivity contribution >= 4 is 11.6 Å². The van der Waals surface area contributed by atoms with Gasteiger partial charge in [0, 0.05) is 50.9 Å². The fraction of sp³-hybridized carbons (Fsp3) is 0.588. The smallest absolute Gasteiger partial charge is 0.228 e. The number of rotatable bonds is 6. The minimum absolute atomic E-state index is 0.0223. The van der Waals surface area contributed by atoms with E-state index in [0.29, 0.717) is 6.54 Å². The summed E-state index contributed by atoms with van der Waals surface area (Å²) in [6.45, 7) is 11.1. The lowest BCUT2D eigenvalue weighted by atomic mass is 10.1. The van der Waals surface area contributed by atoms with Crippen molar-refractivity contribution in [3.8, 4) is 0 Å². The minimum atomic E-state index is -0.158. The first-order chi connectivity index (χ1) is 10.6. The molecule has 0 bridgehead atoms. The van der Waals surface area contributed by atoms with Crippen molar-refractivity contribution in [3.05, 3.63) is 29.8 Å². The van der Waals surface area contributed by atoms with E-state index in [0.717, 1.165) is 45.0 Å². The van der Waals surface area contributed by atoms with Crippen molar-refractivity contribution in [2.24, 2.45) is 11.7 Å². The number of nitrogens with one attached hydrogen (secondary N) is 1. The average molecular weight is 304 g/mol. The molecular formula is C17H28N4O. The molecule has 0 radical (unpaired) electrons. The average Bonchev–Trinajstić information content (AvgIpc) is 2.56. The fourth-order valence-electron chi connectivity index (χ4n) is 2.59. The molecule has 0 aromatic heterocycles. The molecule has 1 saturated heterocycles. The summed E-state index contributed by atoms with van der Waals surface area (Å²) in [6, 6.07) is 8.13. The largest absolute Gasteiger partial charge is 0.330 e. The maximum Gasteiger partial charge on any atom is 0.228 e. The Morgan fingerprint density at radius 2 is 1.77 bits per heavy atom. The number of amides is 1. The molecule has 5 nitrogen and oxygen atoms in total. The Hall–Kier alpha value is -1.43. The molecule has 2 rings (SSSR count). The van der Waals surface area contributed by atoms with Gasteiger partial charge >= 0.3 is 0 Å². The van der Waals surface area contributed by atoms with Gasteiger partial charge in [0.15, 0.2) is 0 Å². The lowest BCUT2D eigenvalue weighted by Gasteiger charge is -2.34. The number of nitrogens with zero attached hydrogens (tertiary/aromatic N) is 2. The summed E-state index contributed by atoms with van der Waals surface area (Å²) in [4.78, 5) is 16.8. The molecule has 1 unspecified atom stereocenters. The third-order valence-corrected chi connectivity index (χ3v) is 4.34. The molecule has 5 heteroatoms. The van der Waals surface area contributed by atoms with Gasteiger partial charge in [0.1, 0.15) is 0 Å². The zero-order valence-corrected chi connectivity index (χ0v) is 13.7. The summed E-state index contributed by atoms with van der Waals surface area (Å²) in [5.41, 5.74) is 7.63. The molecule has 122 valence electrons. The zero-order valence-electron chi connectivity index (χ0n) is 13.7. The van der Waals surface area contributed by atoms with Crippen LogP contribution >= 0.6 is 0 Å². The Balaban J connectivity index is 1.83. The Morgan fingerprint density at radius 3 is 2.32 bits per heavy atom. The number of anilines is 1. The van der Waals surface area contributed by atoms with Gasteiger partial charge in [-0.2, -0.15) is 0 Å². The van der Waals surface area contributed by atoms with Crippen LogP contribution in [0.5, 0.6) is 0 Å². The van der Waals surface area contributed by atoms with E-state index in [9.17, 15) is 4.79 Å². The number of hydrogen-bond acceptors (Lipinski definition) is 4. The van der Waals surface area contributed by atoms with Gasteiger partial charge in [-0.3, -0.25) is 9.69 Å². The Labute approximate surface area is 133 Å². The second-order valence-electron chi connectivity index (χ2n) is 6.03. The normalized spacial score (nSPS) is 18.1. The summed E-state index contributed by atoms with van der Waals surface area (Å²) < 4.78 is 0. The van der Waals surface area contributed by atoms with Crippen LogP contribution in [0.3, 0.4) is 0 Å². The highest BCUT2D eigenvalue weighted by molar-refractivity contribution is 5.92. The number of likely N-dealkylation sites (N-methyl/N-ethyl adjacent to an activating group) is 1. The van der Waals surface area contributed by atoms with Crippen LogP contribution in [-0.4, -0.2) is 55.0 Å². The summed E-state index contributed by atoms with van der Waals surface area (Å²) in [7, 11) is 0. The first-order valence-electron chi connectivity index (χ1n) is 8.17. The van der Waals surface area contributed by atoms with Crippen LogP contribution in [-0.2, 0) is 11.3 Å². The lowest BCUT2D eigenvalue weighted by Crippen LogP contribution is -2.45. The number of hydrogen-bond donors (Lipinski definition) is 2. The van der Waals surface area contributed by atoms with E-state index in [2.05, 4.69) is 34.2 Å². The first-order valence-corrected chi connectivity index (χ1v) is 8.17. The Kier molecular flexibility index (Phi) is 6.36. The third kappa shape index (κ3) is 4.80. The maximum absolute atomic E-state index is 11.8. The highest BCUT2D eigenvalue weighted by Gasteiger charge is 2.15. The molecule has 22 heavy (non-hydrogen) atoms. The number of nitrogens with two attached hydrogens (primary N) is 1. The monoisotopic (exact) mass is 304 g/mol. The van der Waals surface area contributed by atoms with Gasteiger partial charge in [-0.25, -0.2) is 0 Å². The molecule has 1 aromatic carbocycles. The van der Waals surface area contributed by atoms with E-state index >= 15 is 0 Å². The molecule has 0 spiro atoms. The fourth-order valence-corrected chi connectivity index (χ4v) is 2.59. The zero-order chi connectivity index (χ0) is 15.9. The molecule has 1 aliphatic heterocycles. The van der Waals surface area contributed by atoms with E-state index in [1.54, 1.807) is 0 Å². The quantitative estimate of drug-likeness (QED) is 0.833. The molecule has 3 N–H and O–H groups in total. The number of carbonyl (C=O) groups excluding carboxylic acids is 1. The second-order valence-corrected chi connectivity index (χ2v) is 6.03. The van der Waals surface area contributed by atoms with Gasteiger partial charge in [-0.15, -0.1) is 0 Å². The molecule has 1 heterocycles. The molecule has 0 aliphatic carbocycles. The van der Waals surface area contributed by atoms with Crippen molar-refractivity contribution in [1.82, 2.24) is 9.80 Å². The highest BCUT2D eigenvalue weighted by Crippen LogP contribution is 2.13. The van der Waals surface area contributed by atoms with E-state index in [1.165, 1.54) is 5.56 Å². The van der Waals surface area contributed by atoms with E-state index in [4.69, 9.17) is 5.73 Å². The van der Waals surface area contributed by atoms with Crippen molar-refractivity contribution in [2.75, 3.05) is 44.6 Å². The Bertz CT molecular complexity index is 466. The van der Waals surface area contributed by atoms with Crippen molar-refractivity contribution in [1.29, 1.82) is 0 Å². The standard InChI is InChI=1S/C17H28N4O/c1-3-20-8-10-21(11-9-20)13-15-4-6-16(7-5-15)19-17(22)14(2)12-18/h4-7,14H,3,8-13,18H2,1-2H3,(H,19,22). The van der Waals surface area contributed by atoms with Gasteiger partial charge in [-0.1, -0.05) is 26.0 Å². The van der Waals surface area contributed by atoms with Crippen LogP contribution in [0.15, 0.2) is 24.3 Å². The molecule has 1 amide bonds. The summed E-state index contributed by atoms with van der Waals surface area (Å²) in [5, 5.41) is 2.90. The van der Waals surface area contributed by atoms with Crippen LogP contribution in [0.2, 0.25) is 0 Å². The Morgan fingerprint density at radius 1 is 1.18 bits per heavy atom. The van der Waals surface area contributed by atoms with Gasteiger partial charge in [0.2, 0.25) is 5.91 Å². The minimum Gasteiger partial charge on any atom is -0.330 e. The maximum atomic E-state index is 11.8. The van der Waals surface area contributed by atoms with Gasteiger partial charge < -0.3 is 16.0 Å².